The zero-order valence-electron chi connectivity index (χ0n) is 13.8. The molecule has 0 radical (unpaired) electrons. The van der Waals surface area contributed by atoms with Crippen molar-refractivity contribution < 1.29 is 4.39 Å². The molecule has 0 fully saturated rings. The topological polar surface area (TPSA) is 30.7 Å². The van der Waals surface area contributed by atoms with E-state index < -0.39 is 0 Å². The highest BCUT2D eigenvalue weighted by Crippen LogP contribution is 2.37. The molecule has 0 bridgehead atoms. The summed E-state index contributed by atoms with van der Waals surface area (Å²) in [6.45, 7) is 0. The van der Waals surface area contributed by atoms with Gasteiger partial charge >= 0.3 is 0 Å². The average Bonchev–Trinajstić information content (AvgIpc) is 3.18. The lowest BCUT2D eigenvalue weighted by atomic mass is 9.96. The number of rotatable bonds is 4. The van der Waals surface area contributed by atoms with Crippen molar-refractivity contribution in [3.63, 3.8) is 0 Å². The van der Waals surface area contributed by atoms with Gasteiger partial charge in [0, 0.05) is 39.2 Å². The molecule has 0 amide bonds. The van der Waals surface area contributed by atoms with Gasteiger partial charge in [-0.3, -0.25) is 0 Å². The van der Waals surface area contributed by atoms with Crippen molar-refractivity contribution in [3.8, 4) is 11.4 Å². The Kier molecular flexibility index (Phi) is 4.84. The molecule has 25 heavy (non-hydrogen) atoms. The van der Waals surface area contributed by atoms with Gasteiger partial charge in [-0.05, 0) is 43.4 Å². The summed E-state index contributed by atoms with van der Waals surface area (Å²) in [5, 5.41) is 12.1. The predicted molar refractivity (Wildman–Crippen MR) is 102 cm³/mol. The number of benzene rings is 1. The molecule has 7 heteroatoms. The van der Waals surface area contributed by atoms with Crippen LogP contribution in [0.25, 0.3) is 11.4 Å². The van der Waals surface area contributed by atoms with Gasteiger partial charge in [-0.25, -0.2) is 4.39 Å². The molecule has 2 heterocycles. The molecule has 0 unspecified atom stereocenters. The van der Waals surface area contributed by atoms with Gasteiger partial charge in [0.15, 0.2) is 11.0 Å². The number of hydrogen-bond acceptors (Lipinski definition) is 4. The first-order valence-corrected chi connectivity index (χ1v) is 10.4. The van der Waals surface area contributed by atoms with Crippen molar-refractivity contribution in [2.75, 3.05) is 0 Å². The number of thiophene rings is 1. The molecule has 0 atom stereocenters. The highest BCUT2D eigenvalue weighted by atomic mass is 35.5. The zero-order valence-corrected chi connectivity index (χ0v) is 16.1. The van der Waals surface area contributed by atoms with Gasteiger partial charge in [0.05, 0.1) is 0 Å². The minimum atomic E-state index is -0.283. The van der Waals surface area contributed by atoms with Crippen LogP contribution in [0.5, 0.6) is 0 Å². The number of aromatic nitrogens is 3. The Hall–Kier alpha value is -1.37. The molecule has 0 saturated carbocycles. The number of nitrogens with zero attached hydrogens (tertiary/aromatic N) is 3. The van der Waals surface area contributed by atoms with Crippen LogP contribution in [0.3, 0.4) is 0 Å². The summed E-state index contributed by atoms with van der Waals surface area (Å²) in [4.78, 5) is 1.48. The van der Waals surface area contributed by atoms with Gasteiger partial charge in [-0.1, -0.05) is 29.4 Å². The van der Waals surface area contributed by atoms with E-state index in [1.54, 1.807) is 12.1 Å². The molecule has 3 aromatic rings. The molecule has 0 N–H and O–H groups in total. The van der Waals surface area contributed by atoms with Crippen LogP contribution in [0.1, 0.15) is 28.8 Å². The number of fused-ring (bicyclic) bond motifs is 1. The Morgan fingerprint density at radius 3 is 2.96 bits per heavy atom. The number of thioether (sulfide) groups is 1. The van der Waals surface area contributed by atoms with Gasteiger partial charge in [0.1, 0.15) is 5.82 Å². The van der Waals surface area contributed by atoms with Crippen LogP contribution in [0.2, 0.25) is 5.02 Å². The van der Waals surface area contributed by atoms with Gasteiger partial charge in [-0.15, -0.1) is 21.5 Å². The van der Waals surface area contributed by atoms with Crippen molar-refractivity contribution in [3.05, 3.63) is 50.4 Å². The summed E-state index contributed by atoms with van der Waals surface area (Å²) in [5.74, 6) is 1.04. The normalized spacial score (nSPS) is 13.9. The Bertz CT molecular complexity index is 899. The molecule has 4 rings (SSSR count). The highest BCUT2D eigenvalue weighted by molar-refractivity contribution is 7.98. The van der Waals surface area contributed by atoms with E-state index in [9.17, 15) is 4.39 Å². The summed E-state index contributed by atoms with van der Waals surface area (Å²) < 4.78 is 15.9. The van der Waals surface area contributed by atoms with E-state index >= 15 is 0 Å². The molecular formula is C18H17ClFN3S2. The van der Waals surface area contributed by atoms with Crippen LogP contribution in [0.15, 0.2) is 28.7 Å². The van der Waals surface area contributed by atoms with Crippen molar-refractivity contribution in [1.29, 1.82) is 0 Å². The van der Waals surface area contributed by atoms with Crippen molar-refractivity contribution in [2.24, 2.45) is 7.05 Å². The fourth-order valence-corrected chi connectivity index (χ4v) is 5.54. The summed E-state index contributed by atoms with van der Waals surface area (Å²) in [6.07, 6.45) is 4.80. The standard InChI is InChI=1S/C18H17ClFN3S2/c1-23-17(12-9-24-16-8-3-2-5-11(12)16)21-22-18(23)25-10-13-14(19)6-4-7-15(13)20/h4,6-7,9H,2-3,5,8,10H2,1H3. The van der Waals surface area contributed by atoms with Gasteiger partial charge in [0.25, 0.3) is 0 Å². The number of hydrogen-bond donors (Lipinski definition) is 0. The van der Waals surface area contributed by atoms with Crippen LogP contribution in [-0.2, 0) is 25.6 Å². The summed E-state index contributed by atoms with van der Waals surface area (Å²) in [5.41, 5.74) is 3.14. The molecular weight excluding hydrogens is 377 g/mol. The van der Waals surface area contributed by atoms with Gasteiger partial charge in [-0.2, -0.15) is 0 Å². The van der Waals surface area contributed by atoms with E-state index in [-0.39, 0.29) is 5.82 Å². The maximum absolute atomic E-state index is 13.9. The van der Waals surface area contributed by atoms with Gasteiger partial charge in [0.2, 0.25) is 0 Å². The van der Waals surface area contributed by atoms with Crippen LogP contribution in [0, 0.1) is 5.82 Å². The van der Waals surface area contributed by atoms with Crippen LogP contribution in [0.4, 0.5) is 4.39 Å². The molecule has 2 aromatic heterocycles. The monoisotopic (exact) mass is 393 g/mol. The molecule has 130 valence electrons. The quantitative estimate of drug-likeness (QED) is 0.548. The smallest absolute Gasteiger partial charge is 0.191 e. The van der Waals surface area contributed by atoms with E-state index in [0.717, 1.165) is 17.4 Å². The molecule has 3 nitrogen and oxygen atoms in total. The van der Waals surface area contributed by atoms with E-state index in [1.165, 1.54) is 53.1 Å². The van der Waals surface area contributed by atoms with E-state index in [0.29, 0.717) is 16.3 Å². The lowest BCUT2D eigenvalue weighted by Crippen LogP contribution is -2.02. The third-order valence-corrected chi connectivity index (χ3v) is 7.03. The number of aryl methyl sites for hydroxylation is 1. The predicted octanol–water partition coefficient (Wildman–Crippen LogP) is 5.51. The molecule has 1 aromatic carbocycles. The first-order chi connectivity index (χ1) is 12.1. The third-order valence-electron chi connectivity index (χ3n) is 4.54. The van der Waals surface area contributed by atoms with E-state index in [2.05, 4.69) is 15.6 Å². The summed E-state index contributed by atoms with van der Waals surface area (Å²) in [6, 6.07) is 4.76. The molecule has 0 aliphatic heterocycles. The van der Waals surface area contributed by atoms with Gasteiger partial charge < -0.3 is 4.57 Å². The molecule has 1 aliphatic rings. The Balaban J connectivity index is 1.59. The summed E-state index contributed by atoms with van der Waals surface area (Å²) >= 11 is 9.38. The Morgan fingerprint density at radius 1 is 1.28 bits per heavy atom. The lowest BCUT2D eigenvalue weighted by molar-refractivity contribution is 0.617. The average molecular weight is 394 g/mol. The van der Waals surface area contributed by atoms with Crippen molar-refractivity contribution >= 4 is 34.7 Å². The first kappa shape index (κ1) is 17.1. The Morgan fingerprint density at radius 2 is 2.12 bits per heavy atom. The second-order valence-electron chi connectivity index (χ2n) is 6.11. The molecule has 0 saturated heterocycles. The SMILES string of the molecule is Cn1c(SCc2c(F)cccc2Cl)nnc1-c1csc2c1CCCC2. The van der Waals surface area contributed by atoms with Crippen molar-refractivity contribution in [1.82, 2.24) is 14.8 Å². The second kappa shape index (κ2) is 7.09. The van der Waals surface area contributed by atoms with Crippen LogP contribution < -0.4 is 0 Å². The molecule has 1 aliphatic carbocycles. The first-order valence-electron chi connectivity index (χ1n) is 8.20. The Labute approximate surface area is 159 Å². The third kappa shape index (κ3) is 3.23. The minimum Gasteiger partial charge on any atom is -0.305 e. The van der Waals surface area contributed by atoms with Crippen LogP contribution in [-0.4, -0.2) is 14.8 Å². The van der Waals surface area contributed by atoms with Crippen molar-refractivity contribution in [2.45, 2.75) is 36.6 Å². The lowest BCUT2D eigenvalue weighted by Gasteiger charge is -2.12. The largest absolute Gasteiger partial charge is 0.305 e. The fourth-order valence-electron chi connectivity index (χ4n) is 3.16. The fraction of sp³-hybridized carbons (Fsp3) is 0.333. The van der Waals surface area contributed by atoms with Crippen LogP contribution >= 0.6 is 34.7 Å². The minimum absolute atomic E-state index is 0.283. The second-order valence-corrected chi connectivity index (χ2v) is 8.43. The molecule has 0 spiro atoms. The highest BCUT2D eigenvalue weighted by Gasteiger charge is 2.21. The zero-order chi connectivity index (χ0) is 17.4. The summed E-state index contributed by atoms with van der Waals surface area (Å²) in [7, 11) is 1.97. The maximum Gasteiger partial charge on any atom is 0.191 e. The van der Waals surface area contributed by atoms with E-state index in [1.807, 2.05) is 23.0 Å². The van der Waals surface area contributed by atoms with E-state index in [4.69, 9.17) is 11.6 Å². The maximum atomic E-state index is 13.9. The number of halogens is 2.